The Morgan fingerprint density at radius 1 is 1.08 bits per heavy atom. The summed E-state index contributed by atoms with van der Waals surface area (Å²) < 4.78 is 10.6. The lowest BCUT2D eigenvalue weighted by molar-refractivity contribution is -0.132. The van der Waals surface area contributed by atoms with Gasteiger partial charge in [-0.3, -0.25) is 9.69 Å². The van der Waals surface area contributed by atoms with E-state index in [1.165, 1.54) is 4.88 Å². The molecule has 1 aromatic heterocycles. The number of amides is 1. The van der Waals surface area contributed by atoms with E-state index >= 15 is 0 Å². The third kappa shape index (κ3) is 4.99. The molecular weight excluding hydrogens is 348 g/mol. The van der Waals surface area contributed by atoms with E-state index in [1.807, 2.05) is 23.1 Å². The van der Waals surface area contributed by atoms with Crippen molar-refractivity contribution in [3.8, 4) is 11.5 Å². The molecule has 2 heterocycles. The molecule has 1 fully saturated rings. The zero-order valence-electron chi connectivity index (χ0n) is 15.4. The lowest BCUT2D eigenvalue weighted by Gasteiger charge is -2.34. The van der Waals surface area contributed by atoms with Gasteiger partial charge in [0, 0.05) is 50.1 Å². The second-order valence-electron chi connectivity index (χ2n) is 6.46. The predicted molar refractivity (Wildman–Crippen MR) is 104 cm³/mol. The number of thiophene rings is 1. The van der Waals surface area contributed by atoms with Crippen LogP contribution in [0.3, 0.4) is 0 Å². The Kier molecular flexibility index (Phi) is 6.52. The Hall–Kier alpha value is -2.05. The van der Waals surface area contributed by atoms with Crippen LogP contribution in [0, 0.1) is 0 Å². The van der Waals surface area contributed by atoms with E-state index in [0.717, 1.165) is 49.8 Å². The summed E-state index contributed by atoms with van der Waals surface area (Å²) in [5.41, 5.74) is 1.06. The summed E-state index contributed by atoms with van der Waals surface area (Å²) in [6.07, 6.45) is 1.21. The van der Waals surface area contributed by atoms with Gasteiger partial charge in [0.05, 0.1) is 14.2 Å². The number of methoxy groups -OCH3 is 2. The average molecular weight is 375 g/mol. The Labute approximate surface area is 159 Å². The summed E-state index contributed by atoms with van der Waals surface area (Å²) in [7, 11) is 3.28. The normalized spacial score (nSPS) is 15.1. The lowest BCUT2D eigenvalue weighted by Crippen LogP contribution is -2.48. The standard InChI is InChI=1S/C20H26N2O3S/c1-24-17-12-16(13-18(14-17)25-2)5-6-20(23)22-9-7-21(8-10-22)15-19-4-3-11-26-19/h3-4,11-14H,5-10,15H2,1-2H3. The van der Waals surface area contributed by atoms with E-state index in [4.69, 9.17) is 9.47 Å². The largest absolute Gasteiger partial charge is 0.497 e. The first-order valence-electron chi connectivity index (χ1n) is 8.92. The number of piperazine rings is 1. The van der Waals surface area contributed by atoms with Gasteiger partial charge in [0.2, 0.25) is 5.91 Å². The molecule has 140 valence electrons. The number of carbonyl (C=O) groups excluding carboxylic acids is 1. The zero-order chi connectivity index (χ0) is 18.4. The molecule has 6 heteroatoms. The molecule has 0 atom stereocenters. The quantitative estimate of drug-likeness (QED) is 0.747. The molecule has 0 aliphatic carbocycles. The van der Waals surface area contributed by atoms with Crippen LogP contribution in [-0.2, 0) is 17.8 Å². The van der Waals surface area contributed by atoms with Crippen LogP contribution in [0.2, 0.25) is 0 Å². The molecule has 2 aromatic rings. The maximum Gasteiger partial charge on any atom is 0.222 e. The summed E-state index contributed by atoms with van der Waals surface area (Å²) in [6, 6.07) is 10.0. The van der Waals surface area contributed by atoms with Crippen LogP contribution in [0.5, 0.6) is 11.5 Å². The van der Waals surface area contributed by atoms with E-state index < -0.39 is 0 Å². The van der Waals surface area contributed by atoms with Crippen molar-refractivity contribution in [2.75, 3.05) is 40.4 Å². The van der Waals surface area contributed by atoms with Crippen molar-refractivity contribution < 1.29 is 14.3 Å². The van der Waals surface area contributed by atoms with Crippen LogP contribution in [-0.4, -0.2) is 56.1 Å². The fourth-order valence-corrected chi connectivity index (χ4v) is 3.94. The van der Waals surface area contributed by atoms with Crippen molar-refractivity contribution in [3.05, 3.63) is 46.2 Å². The van der Waals surface area contributed by atoms with Gasteiger partial charge in [-0.2, -0.15) is 0 Å². The van der Waals surface area contributed by atoms with Crippen LogP contribution < -0.4 is 9.47 Å². The van der Waals surface area contributed by atoms with Gasteiger partial charge in [0.15, 0.2) is 0 Å². The highest BCUT2D eigenvalue weighted by Gasteiger charge is 2.21. The number of aryl methyl sites for hydroxylation is 1. The van der Waals surface area contributed by atoms with Crippen molar-refractivity contribution in [3.63, 3.8) is 0 Å². The second kappa shape index (κ2) is 9.05. The summed E-state index contributed by atoms with van der Waals surface area (Å²) in [6.45, 7) is 4.49. The first-order chi connectivity index (χ1) is 12.7. The number of hydrogen-bond donors (Lipinski definition) is 0. The minimum absolute atomic E-state index is 0.225. The van der Waals surface area contributed by atoms with E-state index in [2.05, 4.69) is 22.4 Å². The van der Waals surface area contributed by atoms with Crippen molar-refractivity contribution in [2.24, 2.45) is 0 Å². The molecule has 0 radical (unpaired) electrons. The summed E-state index contributed by atoms with van der Waals surface area (Å²) in [5, 5.41) is 2.11. The van der Waals surface area contributed by atoms with Gasteiger partial charge in [0.1, 0.15) is 11.5 Å². The fourth-order valence-electron chi connectivity index (χ4n) is 3.20. The highest BCUT2D eigenvalue weighted by atomic mass is 32.1. The molecule has 0 N–H and O–H groups in total. The SMILES string of the molecule is COc1cc(CCC(=O)N2CCN(Cc3cccs3)CC2)cc(OC)c1. The Balaban J connectivity index is 1.47. The average Bonchev–Trinajstić information content (AvgIpc) is 3.19. The lowest BCUT2D eigenvalue weighted by atomic mass is 10.1. The number of nitrogens with zero attached hydrogens (tertiary/aromatic N) is 2. The first kappa shape index (κ1) is 18.7. The number of rotatable bonds is 7. The fraction of sp³-hybridized carbons (Fsp3) is 0.450. The minimum Gasteiger partial charge on any atom is -0.497 e. The molecule has 1 saturated heterocycles. The molecule has 1 aromatic carbocycles. The van der Waals surface area contributed by atoms with Crippen molar-refractivity contribution in [1.29, 1.82) is 0 Å². The van der Waals surface area contributed by atoms with Crippen molar-refractivity contribution >= 4 is 17.2 Å². The molecular formula is C20H26N2O3S. The highest BCUT2D eigenvalue weighted by molar-refractivity contribution is 7.09. The van der Waals surface area contributed by atoms with E-state index in [9.17, 15) is 4.79 Å². The Bertz CT molecular complexity index is 688. The van der Waals surface area contributed by atoms with Gasteiger partial charge in [-0.05, 0) is 35.6 Å². The highest BCUT2D eigenvalue weighted by Crippen LogP contribution is 2.23. The molecule has 0 saturated carbocycles. The van der Waals surface area contributed by atoms with Gasteiger partial charge in [-0.1, -0.05) is 6.07 Å². The van der Waals surface area contributed by atoms with Crippen LogP contribution in [0.15, 0.2) is 35.7 Å². The minimum atomic E-state index is 0.225. The van der Waals surface area contributed by atoms with Crippen LogP contribution in [0.1, 0.15) is 16.9 Å². The maximum absolute atomic E-state index is 12.6. The van der Waals surface area contributed by atoms with Gasteiger partial charge in [-0.15, -0.1) is 11.3 Å². The molecule has 1 amide bonds. The topological polar surface area (TPSA) is 42.0 Å². The Morgan fingerprint density at radius 3 is 2.35 bits per heavy atom. The van der Waals surface area contributed by atoms with Gasteiger partial charge >= 0.3 is 0 Å². The molecule has 0 unspecified atom stereocenters. The predicted octanol–water partition coefficient (Wildman–Crippen LogP) is 3.04. The summed E-state index contributed by atoms with van der Waals surface area (Å²) >= 11 is 1.79. The van der Waals surface area contributed by atoms with Crippen molar-refractivity contribution in [2.45, 2.75) is 19.4 Å². The monoisotopic (exact) mass is 374 g/mol. The molecule has 3 rings (SSSR count). The smallest absolute Gasteiger partial charge is 0.222 e. The molecule has 0 bridgehead atoms. The molecule has 0 spiro atoms. The number of benzene rings is 1. The summed E-state index contributed by atoms with van der Waals surface area (Å²) in [5.74, 6) is 1.74. The van der Waals surface area contributed by atoms with E-state index in [0.29, 0.717) is 12.8 Å². The molecule has 5 nitrogen and oxygen atoms in total. The second-order valence-corrected chi connectivity index (χ2v) is 7.49. The molecule has 1 aliphatic heterocycles. The van der Waals surface area contributed by atoms with E-state index in [1.54, 1.807) is 25.6 Å². The number of hydrogen-bond acceptors (Lipinski definition) is 5. The third-order valence-electron chi connectivity index (χ3n) is 4.72. The van der Waals surface area contributed by atoms with E-state index in [-0.39, 0.29) is 5.91 Å². The number of ether oxygens (including phenoxy) is 2. The van der Waals surface area contributed by atoms with Gasteiger partial charge in [0.25, 0.3) is 0 Å². The Morgan fingerprint density at radius 2 is 1.77 bits per heavy atom. The summed E-state index contributed by atoms with van der Waals surface area (Å²) in [4.78, 5) is 18.3. The van der Waals surface area contributed by atoms with Gasteiger partial charge < -0.3 is 14.4 Å². The van der Waals surface area contributed by atoms with Crippen LogP contribution >= 0.6 is 11.3 Å². The third-order valence-corrected chi connectivity index (χ3v) is 5.58. The molecule has 1 aliphatic rings. The molecule has 26 heavy (non-hydrogen) atoms. The van der Waals surface area contributed by atoms with Crippen molar-refractivity contribution in [1.82, 2.24) is 9.80 Å². The van der Waals surface area contributed by atoms with Gasteiger partial charge in [-0.25, -0.2) is 0 Å². The first-order valence-corrected chi connectivity index (χ1v) is 9.80. The van der Waals surface area contributed by atoms with Crippen LogP contribution in [0.4, 0.5) is 0 Å². The maximum atomic E-state index is 12.6. The number of carbonyl (C=O) groups is 1. The zero-order valence-corrected chi connectivity index (χ0v) is 16.3. The van der Waals surface area contributed by atoms with Crippen LogP contribution in [0.25, 0.3) is 0 Å².